The summed E-state index contributed by atoms with van der Waals surface area (Å²) in [5, 5.41) is 0. The Hall–Kier alpha value is -8.46. The molecule has 13 rings (SSSR count). The van der Waals surface area contributed by atoms with E-state index in [0.29, 0.717) is 0 Å². The quantitative estimate of drug-likeness (QED) is 0.171. The second-order valence-corrected chi connectivity index (χ2v) is 17.1. The van der Waals surface area contributed by atoms with E-state index < -0.39 is 5.41 Å². The summed E-state index contributed by atoms with van der Waals surface area (Å²) in [5.41, 5.74) is 23.2. The minimum absolute atomic E-state index is 0.579. The van der Waals surface area contributed by atoms with Gasteiger partial charge in [-0.1, -0.05) is 218 Å². The van der Waals surface area contributed by atoms with Gasteiger partial charge < -0.3 is 9.80 Å². The summed E-state index contributed by atoms with van der Waals surface area (Å²) in [7, 11) is 0. The number of benzene rings is 10. The smallest absolute Gasteiger partial charge is 0.0781 e. The van der Waals surface area contributed by atoms with Crippen LogP contribution in [0.1, 0.15) is 33.4 Å². The Morgan fingerprint density at radius 3 is 1.51 bits per heavy atom. The molecule has 0 unspecified atom stereocenters. The SMILES string of the molecule is C1=Cc2ccccc2C2(c3ccccc31)c1ccccc1-c1c(N(c3ccccc3-c3ccccc3)c3cccc4c3N(c3ccccc3)c3ccccc3-c3ccccc3-4)cccc12. The molecule has 0 saturated heterocycles. The zero-order chi connectivity index (χ0) is 42.9. The maximum absolute atomic E-state index is 2.58. The summed E-state index contributed by atoms with van der Waals surface area (Å²) in [4.78, 5) is 5.08. The van der Waals surface area contributed by atoms with Gasteiger partial charge in [0.1, 0.15) is 0 Å². The van der Waals surface area contributed by atoms with E-state index in [1.165, 1.54) is 66.8 Å². The normalized spacial score (nSPS) is 13.3. The van der Waals surface area contributed by atoms with Crippen LogP contribution in [0.2, 0.25) is 0 Å². The van der Waals surface area contributed by atoms with E-state index in [4.69, 9.17) is 0 Å². The first-order valence-electron chi connectivity index (χ1n) is 22.5. The molecule has 1 heterocycles. The largest absolute Gasteiger partial charge is 0.307 e. The van der Waals surface area contributed by atoms with Crippen molar-refractivity contribution in [2.45, 2.75) is 5.41 Å². The number of rotatable bonds is 5. The third-order valence-corrected chi connectivity index (χ3v) is 13.8. The van der Waals surface area contributed by atoms with E-state index in [-0.39, 0.29) is 0 Å². The summed E-state index contributed by atoms with van der Waals surface area (Å²) in [6, 6.07) is 89.6. The molecule has 0 aromatic heterocycles. The van der Waals surface area contributed by atoms with Crippen LogP contribution in [0.15, 0.2) is 243 Å². The third kappa shape index (κ3) is 5.47. The Kier molecular flexibility index (Phi) is 8.47. The molecule has 10 aromatic rings. The minimum Gasteiger partial charge on any atom is -0.307 e. The average molecular weight is 827 g/mol. The standard InChI is InChI=1S/C63H42N2/c1-3-21-43(22-4-1)47-27-12-17-37-57(47)65(60-40-19-32-51-49-29-10-9-28-48(49)50-30-13-18-38-58(50)64(62(51)60)46-25-5-2-6-26-46)59-39-20-36-56-61(59)52-31-11-16-35-55(52)63(56)53-33-14-7-23-44(53)41-42-45-24-8-15-34-54(45)63/h1-42H. The molecule has 0 atom stereocenters. The first-order valence-corrected chi connectivity index (χ1v) is 22.5. The van der Waals surface area contributed by atoms with Gasteiger partial charge in [-0.05, 0) is 92.0 Å². The van der Waals surface area contributed by atoms with E-state index in [0.717, 1.165) is 45.3 Å². The molecular weight excluding hydrogens is 785 g/mol. The maximum Gasteiger partial charge on any atom is 0.0781 e. The van der Waals surface area contributed by atoms with Gasteiger partial charge in [-0.2, -0.15) is 0 Å². The highest BCUT2D eigenvalue weighted by Crippen LogP contribution is 2.63. The lowest BCUT2D eigenvalue weighted by atomic mass is 9.66. The van der Waals surface area contributed by atoms with Crippen LogP contribution in [0.3, 0.4) is 0 Å². The molecular formula is C63H42N2. The second-order valence-electron chi connectivity index (χ2n) is 17.1. The summed E-state index contributed by atoms with van der Waals surface area (Å²) in [6.07, 6.45) is 4.62. The van der Waals surface area contributed by atoms with Gasteiger partial charge in [-0.25, -0.2) is 0 Å². The van der Waals surface area contributed by atoms with Crippen molar-refractivity contribution in [1.82, 2.24) is 0 Å². The van der Waals surface area contributed by atoms with Crippen LogP contribution in [0.25, 0.3) is 56.7 Å². The lowest BCUT2D eigenvalue weighted by molar-refractivity contribution is 0.766. The Bertz CT molecular complexity index is 3460. The number of hydrogen-bond acceptors (Lipinski definition) is 2. The van der Waals surface area contributed by atoms with Crippen molar-refractivity contribution < 1.29 is 0 Å². The number of hydrogen-bond donors (Lipinski definition) is 0. The Balaban J connectivity index is 1.19. The summed E-state index contributed by atoms with van der Waals surface area (Å²) in [5.74, 6) is 0. The van der Waals surface area contributed by atoms with E-state index >= 15 is 0 Å². The van der Waals surface area contributed by atoms with Crippen molar-refractivity contribution in [2.24, 2.45) is 0 Å². The molecule has 0 N–H and O–H groups in total. The van der Waals surface area contributed by atoms with Crippen molar-refractivity contribution in [1.29, 1.82) is 0 Å². The second kappa shape index (κ2) is 14.8. The molecule has 2 heteroatoms. The number of anilines is 6. The number of fused-ring (bicyclic) bond motifs is 14. The van der Waals surface area contributed by atoms with Crippen LogP contribution in [-0.2, 0) is 5.41 Å². The van der Waals surface area contributed by atoms with Crippen molar-refractivity contribution in [3.63, 3.8) is 0 Å². The van der Waals surface area contributed by atoms with E-state index in [1.54, 1.807) is 0 Å². The van der Waals surface area contributed by atoms with Gasteiger partial charge in [0.05, 0.1) is 33.9 Å². The van der Waals surface area contributed by atoms with Gasteiger partial charge in [0.2, 0.25) is 0 Å². The Morgan fingerprint density at radius 2 is 0.785 bits per heavy atom. The van der Waals surface area contributed by atoms with Crippen molar-refractivity contribution >= 4 is 46.3 Å². The van der Waals surface area contributed by atoms with Gasteiger partial charge >= 0.3 is 0 Å². The highest BCUT2D eigenvalue weighted by atomic mass is 15.2. The fourth-order valence-electron chi connectivity index (χ4n) is 11.3. The molecule has 2 nitrogen and oxygen atoms in total. The molecule has 304 valence electrons. The van der Waals surface area contributed by atoms with Crippen molar-refractivity contribution in [2.75, 3.05) is 9.80 Å². The Labute approximate surface area is 380 Å². The first kappa shape index (κ1) is 37.1. The monoisotopic (exact) mass is 826 g/mol. The first-order chi connectivity index (χ1) is 32.3. The van der Waals surface area contributed by atoms with Crippen LogP contribution in [-0.4, -0.2) is 0 Å². The van der Waals surface area contributed by atoms with E-state index in [9.17, 15) is 0 Å². The van der Waals surface area contributed by atoms with Crippen LogP contribution < -0.4 is 9.80 Å². The van der Waals surface area contributed by atoms with Crippen LogP contribution in [0.4, 0.5) is 34.1 Å². The molecule has 0 amide bonds. The molecule has 0 radical (unpaired) electrons. The Morgan fingerprint density at radius 1 is 0.308 bits per heavy atom. The van der Waals surface area contributed by atoms with Gasteiger partial charge in [-0.3, -0.25) is 0 Å². The van der Waals surface area contributed by atoms with Crippen LogP contribution in [0, 0.1) is 0 Å². The summed E-state index contributed by atoms with van der Waals surface area (Å²) < 4.78 is 0. The predicted octanol–water partition coefficient (Wildman–Crippen LogP) is 16.8. The predicted molar refractivity (Wildman–Crippen MR) is 272 cm³/mol. The topological polar surface area (TPSA) is 6.48 Å². The molecule has 1 spiro atoms. The summed E-state index contributed by atoms with van der Waals surface area (Å²) >= 11 is 0. The fourth-order valence-corrected chi connectivity index (χ4v) is 11.3. The number of para-hydroxylation sites is 4. The van der Waals surface area contributed by atoms with Crippen molar-refractivity contribution in [3.05, 3.63) is 276 Å². The van der Waals surface area contributed by atoms with Crippen molar-refractivity contribution in [3.8, 4) is 44.5 Å². The van der Waals surface area contributed by atoms with Gasteiger partial charge in [-0.15, -0.1) is 0 Å². The van der Waals surface area contributed by atoms with E-state index in [1.807, 2.05) is 0 Å². The summed E-state index contributed by atoms with van der Waals surface area (Å²) in [6.45, 7) is 0. The molecule has 3 aliphatic rings. The van der Waals surface area contributed by atoms with Gasteiger partial charge in [0.25, 0.3) is 0 Å². The van der Waals surface area contributed by atoms with E-state index in [2.05, 4.69) is 265 Å². The molecule has 0 bridgehead atoms. The third-order valence-electron chi connectivity index (χ3n) is 13.8. The molecule has 0 saturated carbocycles. The molecule has 0 fully saturated rings. The zero-order valence-corrected chi connectivity index (χ0v) is 35.6. The highest BCUT2D eigenvalue weighted by molar-refractivity contribution is 6.10. The van der Waals surface area contributed by atoms with Crippen LogP contribution >= 0.6 is 0 Å². The molecule has 1 aliphatic heterocycles. The minimum atomic E-state index is -0.579. The highest BCUT2D eigenvalue weighted by Gasteiger charge is 2.49. The molecule has 65 heavy (non-hydrogen) atoms. The fraction of sp³-hybridized carbons (Fsp3) is 0.0159. The number of nitrogens with zero attached hydrogens (tertiary/aromatic N) is 2. The lowest BCUT2D eigenvalue weighted by Gasteiger charge is -2.37. The molecule has 2 aliphatic carbocycles. The zero-order valence-electron chi connectivity index (χ0n) is 35.6. The van der Waals surface area contributed by atoms with Gasteiger partial charge in [0, 0.05) is 27.9 Å². The maximum atomic E-state index is 2.58. The molecule has 10 aromatic carbocycles. The van der Waals surface area contributed by atoms with Gasteiger partial charge in [0.15, 0.2) is 0 Å². The van der Waals surface area contributed by atoms with Crippen LogP contribution in [0.5, 0.6) is 0 Å². The lowest BCUT2D eigenvalue weighted by Crippen LogP contribution is -2.30. The average Bonchev–Trinajstić information content (AvgIpc) is 3.50.